The van der Waals surface area contributed by atoms with Crippen LogP contribution in [0, 0.1) is 19.3 Å². The van der Waals surface area contributed by atoms with Gasteiger partial charge in [0.1, 0.15) is 5.60 Å². The summed E-state index contributed by atoms with van der Waals surface area (Å²) in [5.41, 5.74) is -0.475. The average Bonchev–Trinajstić information content (AvgIpc) is 2.34. The van der Waals surface area contributed by atoms with Crippen molar-refractivity contribution in [1.82, 2.24) is 4.90 Å². The Bertz CT molecular complexity index is 518. The van der Waals surface area contributed by atoms with E-state index in [1.807, 2.05) is 43.1 Å². The Balaban J connectivity index is 2.40. The van der Waals surface area contributed by atoms with Crippen LogP contribution >= 0.6 is 0 Å². The Kier molecular flexibility index (Phi) is 3.44. The highest BCUT2D eigenvalue weighted by Gasteiger charge is 2.51. The molecule has 0 spiro atoms. The molecule has 1 aromatic carbocycles. The van der Waals surface area contributed by atoms with Crippen molar-refractivity contribution in [1.29, 1.82) is 0 Å². The first-order chi connectivity index (χ1) is 8.81. The minimum Gasteiger partial charge on any atom is -0.385 e. The molecule has 0 amide bonds. The summed E-state index contributed by atoms with van der Waals surface area (Å²) in [4.78, 5) is 2.05. The third-order valence-corrected chi connectivity index (χ3v) is 4.26. The molecule has 1 saturated heterocycles. The van der Waals surface area contributed by atoms with Crippen LogP contribution in [-0.4, -0.2) is 39.9 Å². The molecule has 1 fully saturated rings. The van der Waals surface area contributed by atoms with Gasteiger partial charge in [0.05, 0.1) is 0 Å². The van der Waals surface area contributed by atoms with Crippen molar-refractivity contribution in [3.8, 4) is 12.3 Å². The summed E-state index contributed by atoms with van der Waals surface area (Å²) in [6.45, 7) is 3.98. The number of nitrogens with zero attached hydrogens (tertiary/aromatic N) is 1. The molecule has 3 atom stereocenters. The second-order valence-electron chi connectivity index (χ2n) is 5.77. The monoisotopic (exact) mass is 259 g/mol. The van der Waals surface area contributed by atoms with Gasteiger partial charge in [0.15, 0.2) is 5.60 Å². The summed E-state index contributed by atoms with van der Waals surface area (Å²) in [6, 6.07) is 8.09. The number of likely N-dealkylation sites (N-methyl/N-ethyl adjacent to an activating group) is 1. The molecule has 1 aliphatic heterocycles. The quantitative estimate of drug-likeness (QED) is 0.751. The van der Waals surface area contributed by atoms with Crippen molar-refractivity contribution in [2.45, 2.75) is 37.5 Å². The molecule has 3 unspecified atom stereocenters. The van der Waals surface area contributed by atoms with Crippen LogP contribution in [0.15, 0.2) is 24.3 Å². The molecule has 2 N–H and O–H groups in total. The van der Waals surface area contributed by atoms with Crippen molar-refractivity contribution in [2.24, 2.45) is 0 Å². The number of piperidine rings is 1. The molecule has 2 rings (SSSR count). The lowest BCUT2D eigenvalue weighted by molar-refractivity contribution is -0.160. The highest BCUT2D eigenvalue weighted by Crippen LogP contribution is 2.41. The maximum Gasteiger partial charge on any atom is 0.156 e. The molecule has 102 valence electrons. The van der Waals surface area contributed by atoms with Crippen LogP contribution in [0.5, 0.6) is 0 Å². The molecular weight excluding hydrogens is 238 g/mol. The average molecular weight is 259 g/mol. The standard InChI is InChI=1S/C16H21NO2/c1-5-16(19)10-14(17(4)11-15(16,3)18)13-9-7-6-8-12(13)2/h1,6-9,14,18-19H,10-11H2,2-4H3. The van der Waals surface area contributed by atoms with Crippen LogP contribution in [0.4, 0.5) is 0 Å². The molecule has 1 aromatic rings. The van der Waals surface area contributed by atoms with Crippen LogP contribution in [-0.2, 0) is 0 Å². The van der Waals surface area contributed by atoms with Gasteiger partial charge in [0.2, 0.25) is 0 Å². The smallest absolute Gasteiger partial charge is 0.156 e. The minimum atomic E-state index is -1.49. The first-order valence-corrected chi connectivity index (χ1v) is 6.49. The fourth-order valence-corrected chi connectivity index (χ4v) is 2.90. The van der Waals surface area contributed by atoms with E-state index in [9.17, 15) is 10.2 Å². The molecule has 0 radical (unpaired) electrons. The molecule has 3 nitrogen and oxygen atoms in total. The summed E-state index contributed by atoms with van der Waals surface area (Å²) >= 11 is 0. The van der Waals surface area contributed by atoms with Crippen molar-refractivity contribution in [3.05, 3.63) is 35.4 Å². The largest absolute Gasteiger partial charge is 0.385 e. The number of benzene rings is 1. The van der Waals surface area contributed by atoms with E-state index >= 15 is 0 Å². The molecule has 1 aliphatic rings. The van der Waals surface area contributed by atoms with Gasteiger partial charge in [-0.05, 0) is 32.0 Å². The third-order valence-electron chi connectivity index (χ3n) is 4.26. The Hall–Kier alpha value is -1.34. The van der Waals surface area contributed by atoms with Gasteiger partial charge < -0.3 is 10.2 Å². The van der Waals surface area contributed by atoms with Gasteiger partial charge in [-0.2, -0.15) is 0 Å². The Morgan fingerprint density at radius 3 is 2.58 bits per heavy atom. The normalized spacial score (nSPS) is 35.9. The molecule has 0 aliphatic carbocycles. The van der Waals surface area contributed by atoms with Crippen molar-refractivity contribution in [3.63, 3.8) is 0 Å². The van der Waals surface area contributed by atoms with E-state index in [2.05, 4.69) is 5.92 Å². The Morgan fingerprint density at radius 1 is 1.37 bits per heavy atom. The van der Waals surface area contributed by atoms with Crippen molar-refractivity contribution in [2.75, 3.05) is 13.6 Å². The molecule has 0 aromatic heterocycles. The van der Waals surface area contributed by atoms with E-state index in [1.54, 1.807) is 6.92 Å². The van der Waals surface area contributed by atoms with Gasteiger partial charge in [0.25, 0.3) is 0 Å². The lowest BCUT2D eigenvalue weighted by atomic mass is 9.74. The Labute approximate surface area is 114 Å². The first-order valence-electron chi connectivity index (χ1n) is 6.49. The molecule has 0 saturated carbocycles. The molecule has 1 heterocycles. The molecular formula is C16H21NO2. The number of rotatable bonds is 1. The van der Waals surface area contributed by atoms with Crippen molar-refractivity contribution >= 4 is 0 Å². The van der Waals surface area contributed by atoms with Crippen LogP contribution in [0.2, 0.25) is 0 Å². The maximum atomic E-state index is 10.5. The number of aliphatic hydroxyl groups is 2. The lowest BCUT2D eigenvalue weighted by Crippen LogP contribution is -2.62. The highest BCUT2D eigenvalue weighted by atomic mass is 16.4. The van der Waals surface area contributed by atoms with Gasteiger partial charge in [-0.1, -0.05) is 30.2 Å². The Morgan fingerprint density at radius 2 is 2.00 bits per heavy atom. The lowest BCUT2D eigenvalue weighted by Gasteiger charge is -2.49. The first kappa shape index (κ1) is 14.1. The zero-order valence-electron chi connectivity index (χ0n) is 11.7. The number of β-amino-alcohol motifs (C(OH)–C–C–N with tert-alkyl or cyclic N) is 1. The highest BCUT2D eigenvalue weighted by molar-refractivity contribution is 5.32. The van der Waals surface area contributed by atoms with Gasteiger partial charge in [-0.25, -0.2) is 0 Å². The maximum absolute atomic E-state index is 10.5. The van der Waals surface area contributed by atoms with Crippen LogP contribution in [0.3, 0.4) is 0 Å². The van der Waals surface area contributed by atoms with Crippen molar-refractivity contribution < 1.29 is 10.2 Å². The van der Waals surface area contributed by atoms with E-state index < -0.39 is 11.2 Å². The summed E-state index contributed by atoms with van der Waals surface area (Å²) < 4.78 is 0. The molecule has 3 heteroatoms. The summed E-state index contributed by atoms with van der Waals surface area (Å²) in [5.74, 6) is 2.39. The van der Waals surface area contributed by atoms with Crippen LogP contribution in [0.25, 0.3) is 0 Å². The SMILES string of the molecule is C#CC1(O)CC(c2ccccc2C)N(C)CC1(C)O. The zero-order valence-corrected chi connectivity index (χ0v) is 11.7. The number of hydrogen-bond acceptors (Lipinski definition) is 3. The number of likely N-dealkylation sites (tertiary alicyclic amines) is 1. The number of aryl methyl sites for hydroxylation is 1. The van der Waals surface area contributed by atoms with Gasteiger partial charge in [-0.3, -0.25) is 4.90 Å². The summed E-state index contributed by atoms with van der Waals surface area (Å²) in [6.07, 6.45) is 5.79. The summed E-state index contributed by atoms with van der Waals surface area (Å²) in [7, 11) is 1.95. The van der Waals surface area contributed by atoms with Gasteiger partial charge in [-0.15, -0.1) is 6.42 Å². The summed E-state index contributed by atoms with van der Waals surface area (Å²) in [5, 5.41) is 20.9. The predicted octanol–water partition coefficient (Wildman–Crippen LogP) is 1.49. The van der Waals surface area contributed by atoms with Crippen LogP contribution < -0.4 is 0 Å². The fraction of sp³-hybridized carbons (Fsp3) is 0.500. The van der Waals surface area contributed by atoms with Gasteiger partial charge >= 0.3 is 0 Å². The minimum absolute atomic E-state index is 0.0162. The second kappa shape index (κ2) is 4.64. The van der Waals surface area contributed by atoms with E-state index in [4.69, 9.17) is 6.42 Å². The van der Waals surface area contributed by atoms with E-state index in [0.29, 0.717) is 13.0 Å². The van der Waals surface area contributed by atoms with E-state index in [0.717, 1.165) is 5.56 Å². The number of terminal acetylenes is 1. The van der Waals surface area contributed by atoms with E-state index in [1.165, 1.54) is 5.56 Å². The topological polar surface area (TPSA) is 43.7 Å². The molecule has 0 bridgehead atoms. The van der Waals surface area contributed by atoms with E-state index in [-0.39, 0.29) is 6.04 Å². The second-order valence-corrected chi connectivity index (χ2v) is 5.77. The zero-order chi connectivity index (χ0) is 14.3. The van der Waals surface area contributed by atoms with Crippen LogP contribution in [0.1, 0.15) is 30.5 Å². The molecule has 19 heavy (non-hydrogen) atoms. The third kappa shape index (κ3) is 2.28. The van der Waals surface area contributed by atoms with Gasteiger partial charge in [0, 0.05) is 19.0 Å². The predicted molar refractivity (Wildman–Crippen MR) is 75.6 cm³/mol. The fourth-order valence-electron chi connectivity index (χ4n) is 2.90. The number of hydrogen-bond donors (Lipinski definition) is 2.